The van der Waals surface area contributed by atoms with E-state index in [-0.39, 0.29) is 12.8 Å². The van der Waals surface area contributed by atoms with Gasteiger partial charge in [0.25, 0.3) is 0 Å². The molecule has 13 nitrogen and oxygen atoms in total. The molecule has 2 saturated heterocycles. The number of aliphatic hydroxyl groups is 6. The van der Waals surface area contributed by atoms with Gasteiger partial charge in [0.15, 0.2) is 12.6 Å². The second kappa shape index (κ2) is 10.2. The smallest absolute Gasteiger partial charge is 0.186 e. The Labute approximate surface area is 179 Å². The fourth-order valence-electron chi connectivity index (χ4n) is 4.31. The van der Waals surface area contributed by atoms with Crippen LogP contribution >= 0.6 is 0 Å². The Kier molecular flexibility index (Phi) is 8.24. The van der Waals surface area contributed by atoms with E-state index in [1.807, 2.05) is 0 Å². The molecule has 0 aromatic rings. The number of aliphatic hydroxyl groups excluding tert-OH is 6. The van der Waals surface area contributed by atoms with Crippen molar-refractivity contribution in [2.24, 2.45) is 17.2 Å². The number of rotatable bonds is 5. The highest BCUT2D eigenvalue weighted by Gasteiger charge is 2.49. The van der Waals surface area contributed by atoms with Crippen LogP contribution in [0.3, 0.4) is 0 Å². The van der Waals surface area contributed by atoms with Gasteiger partial charge in [0.1, 0.15) is 42.7 Å². The van der Waals surface area contributed by atoms with E-state index >= 15 is 0 Å². The minimum Gasteiger partial charge on any atom is -0.394 e. The van der Waals surface area contributed by atoms with Gasteiger partial charge in [-0.3, -0.25) is 0 Å². The largest absolute Gasteiger partial charge is 0.394 e. The second-order valence-electron chi connectivity index (χ2n) is 8.60. The summed E-state index contributed by atoms with van der Waals surface area (Å²) >= 11 is 0. The van der Waals surface area contributed by atoms with E-state index in [0.29, 0.717) is 0 Å². The number of ether oxygens (including phenoxy) is 4. The van der Waals surface area contributed by atoms with Crippen LogP contribution < -0.4 is 17.2 Å². The maximum Gasteiger partial charge on any atom is 0.186 e. The van der Waals surface area contributed by atoms with Gasteiger partial charge in [-0.05, 0) is 13.3 Å². The zero-order chi connectivity index (χ0) is 23.0. The lowest BCUT2D eigenvalue weighted by Crippen LogP contribution is -2.67. The summed E-state index contributed by atoms with van der Waals surface area (Å²) in [5, 5.41) is 60.3. The van der Waals surface area contributed by atoms with Crippen LogP contribution in [-0.4, -0.2) is 123 Å². The van der Waals surface area contributed by atoms with E-state index in [1.165, 1.54) is 0 Å². The van der Waals surface area contributed by atoms with Crippen LogP contribution in [0.2, 0.25) is 0 Å². The maximum absolute atomic E-state index is 10.9. The predicted molar refractivity (Wildman–Crippen MR) is 103 cm³/mol. The molecular formula is C18H35N3O10. The SMILES string of the molecule is C[C@H]1O[C@H](O[C@H]2[C@H](O)[C@@H](O[C@H]3O[C@H](CO)[C@@H](O)[C@H](N)[C@H]3O)[C@H](N)C[C@@H]2N)C[C@@H](O)[C@@H]1O. The van der Waals surface area contributed by atoms with Gasteiger partial charge in [0.05, 0.1) is 24.9 Å². The molecule has 1 aliphatic carbocycles. The molecule has 182 valence electrons. The first kappa shape index (κ1) is 25.1. The summed E-state index contributed by atoms with van der Waals surface area (Å²) in [5.41, 5.74) is 18.0. The van der Waals surface area contributed by atoms with Gasteiger partial charge in [-0.2, -0.15) is 0 Å². The third-order valence-corrected chi connectivity index (χ3v) is 6.27. The monoisotopic (exact) mass is 453 g/mol. The molecule has 1 saturated carbocycles. The van der Waals surface area contributed by atoms with Gasteiger partial charge in [0.2, 0.25) is 0 Å². The summed E-state index contributed by atoms with van der Waals surface area (Å²) in [6, 6.07) is -2.57. The lowest BCUT2D eigenvalue weighted by molar-refractivity contribution is -0.316. The van der Waals surface area contributed by atoms with E-state index in [1.54, 1.807) is 6.92 Å². The summed E-state index contributed by atoms with van der Waals surface area (Å²) in [7, 11) is 0. The van der Waals surface area contributed by atoms with E-state index in [2.05, 4.69) is 0 Å². The molecule has 0 aromatic carbocycles. The fourth-order valence-corrected chi connectivity index (χ4v) is 4.31. The zero-order valence-electron chi connectivity index (χ0n) is 17.3. The first-order valence-corrected chi connectivity index (χ1v) is 10.4. The molecule has 13 heteroatoms. The first-order valence-electron chi connectivity index (χ1n) is 10.4. The molecule has 12 N–H and O–H groups in total. The quantitative estimate of drug-likeness (QED) is 0.189. The summed E-state index contributed by atoms with van der Waals surface area (Å²) < 4.78 is 22.5. The van der Waals surface area contributed by atoms with Crippen LogP contribution in [-0.2, 0) is 18.9 Å². The highest BCUT2D eigenvalue weighted by molar-refractivity contribution is 5.00. The van der Waals surface area contributed by atoms with Crippen molar-refractivity contribution < 1.29 is 49.6 Å². The molecule has 3 rings (SSSR count). The minimum atomic E-state index is -1.44. The van der Waals surface area contributed by atoms with Crippen LogP contribution in [0.15, 0.2) is 0 Å². The molecule has 3 fully saturated rings. The minimum absolute atomic E-state index is 0.0194. The van der Waals surface area contributed by atoms with Crippen molar-refractivity contribution in [3.63, 3.8) is 0 Å². The van der Waals surface area contributed by atoms with Gasteiger partial charge in [-0.15, -0.1) is 0 Å². The molecule has 14 atom stereocenters. The molecule has 2 aliphatic heterocycles. The predicted octanol–water partition coefficient (Wildman–Crippen LogP) is -5.20. The number of hydrogen-bond acceptors (Lipinski definition) is 13. The van der Waals surface area contributed by atoms with E-state index in [4.69, 9.17) is 36.1 Å². The molecule has 0 spiro atoms. The Morgan fingerprint density at radius 1 is 0.806 bits per heavy atom. The van der Waals surface area contributed by atoms with Crippen molar-refractivity contribution in [3.8, 4) is 0 Å². The molecule has 0 aromatic heterocycles. The second-order valence-corrected chi connectivity index (χ2v) is 8.60. The molecule has 0 unspecified atom stereocenters. The normalized spacial score (nSPS) is 54.0. The Balaban J connectivity index is 1.68. The van der Waals surface area contributed by atoms with Crippen LogP contribution in [0.5, 0.6) is 0 Å². The lowest BCUT2D eigenvalue weighted by Gasteiger charge is -2.47. The Morgan fingerprint density at radius 2 is 1.42 bits per heavy atom. The lowest BCUT2D eigenvalue weighted by atomic mass is 9.84. The summed E-state index contributed by atoms with van der Waals surface area (Å²) in [5.74, 6) is 0. The highest BCUT2D eigenvalue weighted by Crippen LogP contribution is 2.31. The molecule has 3 aliphatic rings. The standard InChI is InChI=1S/C18H35N3O10/c1-5-12(24)8(23)3-10(28-5)30-16-6(19)2-7(20)17(15(16)27)31-18-14(26)11(21)13(25)9(4-22)29-18/h5-18,22-27H,2-4,19-21H2,1H3/t5-,6+,7-,8-,9-,10-,11+,12-,13-,14-,15+,16-,17+,18-/m1/s1. The third kappa shape index (κ3) is 5.19. The van der Waals surface area contributed by atoms with Crippen molar-refractivity contribution in [2.75, 3.05) is 6.61 Å². The van der Waals surface area contributed by atoms with Crippen molar-refractivity contribution in [2.45, 2.75) is 105 Å². The summed E-state index contributed by atoms with van der Waals surface area (Å²) in [4.78, 5) is 0. The van der Waals surface area contributed by atoms with Gasteiger partial charge >= 0.3 is 0 Å². The van der Waals surface area contributed by atoms with Crippen molar-refractivity contribution >= 4 is 0 Å². The first-order chi connectivity index (χ1) is 14.5. The van der Waals surface area contributed by atoms with Crippen LogP contribution in [0.4, 0.5) is 0 Å². The molecular weight excluding hydrogens is 418 g/mol. The van der Waals surface area contributed by atoms with Crippen molar-refractivity contribution in [1.29, 1.82) is 0 Å². The Morgan fingerprint density at radius 3 is 2.00 bits per heavy atom. The maximum atomic E-state index is 10.9. The van der Waals surface area contributed by atoms with Crippen molar-refractivity contribution in [1.82, 2.24) is 0 Å². The van der Waals surface area contributed by atoms with E-state index < -0.39 is 92.2 Å². The zero-order valence-corrected chi connectivity index (χ0v) is 17.3. The van der Waals surface area contributed by atoms with Gasteiger partial charge in [-0.1, -0.05) is 0 Å². The van der Waals surface area contributed by atoms with Crippen molar-refractivity contribution in [3.05, 3.63) is 0 Å². The Hall–Kier alpha value is -0.520. The van der Waals surface area contributed by atoms with Gasteiger partial charge < -0.3 is 66.8 Å². The molecule has 2 heterocycles. The van der Waals surface area contributed by atoms with Crippen LogP contribution in [0.25, 0.3) is 0 Å². The number of hydrogen-bond donors (Lipinski definition) is 9. The average Bonchev–Trinajstić information content (AvgIpc) is 2.72. The van der Waals surface area contributed by atoms with Crippen LogP contribution in [0.1, 0.15) is 19.8 Å². The topological polar surface area (TPSA) is 236 Å². The number of nitrogens with two attached hydrogens (primary N) is 3. The van der Waals surface area contributed by atoms with Gasteiger partial charge in [0, 0.05) is 18.5 Å². The molecule has 0 bridgehead atoms. The van der Waals surface area contributed by atoms with E-state index in [9.17, 15) is 30.6 Å². The Bertz CT molecular complexity index is 577. The fraction of sp³-hybridized carbons (Fsp3) is 1.00. The highest BCUT2D eigenvalue weighted by atomic mass is 16.7. The average molecular weight is 453 g/mol. The van der Waals surface area contributed by atoms with Gasteiger partial charge in [-0.25, -0.2) is 0 Å². The van der Waals surface area contributed by atoms with Crippen LogP contribution in [0, 0.1) is 0 Å². The third-order valence-electron chi connectivity index (χ3n) is 6.27. The summed E-state index contributed by atoms with van der Waals surface area (Å²) in [6.45, 7) is 1.03. The molecule has 0 radical (unpaired) electrons. The molecule has 0 amide bonds. The summed E-state index contributed by atoms with van der Waals surface area (Å²) in [6.07, 6.45) is -12.2. The molecule has 31 heavy (non-hydrogen) atoms. The van der Waals surface area contributed by atoms with E-state index in [0.717, 1.165) is 0 Å².